The zero-order chi connectivity index (χ0) is 13.7. The van der Waals surface area contributed by atoms with Gasteiger partial charge in [0.05, 0.1) is 0 Å². The van der Waals surface area contributed by atoms with Crippen LogP contribution in [0.1, 0.15) is 18.4 Å². The summed E-state index contributed by atoms with van der Waals surface area (Å²) in [6.07, 6.45) is 4.74. The lowest BCUT2D eigenvalue weighted by Gasteiger charge is -2.11. The normalized spacial score (nSPS) is 14.9. The minimum absolute atomic E-state index is 0.0862. The SMILES string of the molecule is Cc1cccc(NC(=O)/C=C\C(=O)N2CCCC2)c1. The van der Waals surface area contributed by atoms with Crippen LogP contribution in [0.3, 0.4) is 0 Å². The van der Waals surface area contributed by atoms with E-state index < -0.39 is 0 Å². The van der Waals surface area contributed by atoms with Gasteiger partial charge in [-0.25, -0.2) is 0 Å². The van der Waals surface area contributed by atoms with Crippen LogP contribution in [-0.2, 0) is 9.59 Å². The van der Waals surface area contributed by atoms with Crippen LogP contribution in [0.5, 0.6) is 0 Å². The van der Waals surface area contributed by atoms with Crippen molar-refractivity contribution in [1.82, 2.24) is 4.90 Å². The highest BCUT2D eigenvalue weighted by Gasteiger charge is 2.15. The Labute approximate surface area is 113 Å². The van der Waals surface area contributed by atoms with Gasteiger partial charge in [-0.15, -0.1) is 0 Å². The van der Waals surface area contributed by atoms with E-state index in [9.17, 15) is 9.59 Å². The Morgan fingerprint density at radius 3 is 2.63 bits per heavy atom. The third-order valence-electron chi connectivity index (χ3n) is 3.08. The maximum Gasteiger partial charge on any atom is 0.248 e. The number of hydrogen-bond donors (Lipinski definition) is 1. The van der Waals surface area contributed by atoms with Gasteiger partial charge < -0.3 is 10.2 Å². The second kappa shape index (κ2) is 6.18. The van der Waals surface area contributed by atoms with Gasteiger partial charge in [0.1, 0.15) is 0 Å². The van der Waals surface area contributed by atoms with Crippen molar-refractivity contribution < 1.29 is 9.59 Å². The second-order valence-electron chi connectivity index (χ2n) is 4.72. The van der Waals surface area contributed by atoms with Crippen LogP contribution in [0.2, 0.25) is 0 Å². The Morgan fingerprint density at radius 1 is 1.21 bits per heavy atom. The molecule has 0 spiro atoms. The summed E-state index contributed by atoms with van der Waals surface area (Å²) in [7, 11) is 0. The number of hydrogen-bond acceptors (Lipinski definition) is 2. The van der Waals surface area contributed by atoms with Gasteiger partial charge in [-0.3, -0.25) is 9.59 Å². The lowest BCUT2D eigenvalue weighted by molar-refractivity contribution is -0.125. The van der Waals surface area contributed by atoms with E-state index in [0.717, 1.165) is 37.2 Å². The third kappa shape index (κ3) is 3.95. The maximum atomic E-state index is 11.7. The van der Waals surface area contributed by atoms with Gasteiger partial charge in [0, 0.05) is 30.9 Å². The first-order valence-electron chi connectivity index (χ1n) is 6.50. The van der Waals surface area contributed by atoms with Crippen LogP contribution in [0.15, 0.2) is 36.4 Å². The summed E-state index contributed by atoms with van der Waals surface area (Å²) in [6, 6.07) is 7.54. The predicted octanol–water partition coefficient (Wildman–Crippen LogP) is 2.11. The first-order chi connectivity index (χ1) is 9.15. The van der Waals surface area contributed by atoms with Crippen molar-refractivity contribution in [3.8, 4) is 0 Å². The number of amides is 2. The highest BCUT2D eigenvalue weighted by Crippen LogP contribution is 2.10. The van der Waals surface area contributed by atoms with Crippen molar-refractivity contribution >= 4 is 17.5 Å². The molecular formula is C15H18N2O2. The number of rotatable bonds is 3. The van der Waals surface area contributed by atoms with Crippen LogP contribution < -0.4 is 5.32 Å². The molecule has 1 saturated heterocycles. The van der Waals surface area contributed by atoms with Crippen molar-refractivity contribution in [2.24, 2.45) is 0 Å². The number of carbonyl (C=O) groups is 2. The van der Waals surface area contributed by atoms with Crippen molar-refractivity contribution in [1.29, 1.82) is 0 Å². The number of carbonyl (C=O) groups excluding carboxylic acids is 2. The van der Waals surface area contributed by atoms with Crippen LogP contribution >= 0.6 is 0 Å². The molecule has 1 aromatic rings. The molecular weight excluding hydrogens is 240 g/mol. The zero-order valence-electron chi connectivity index (χ0n) is 11.1. The van der Waals surface area contributed by atoms with Crippen molar-refractivity contribution in [3.05, 3.63) is 42.0 Å². The summed E-state index contributed by atoms with van der Waals surface area (Å²) in [5.41, 5.74) is 1.82. The molecule has 1 aliphatic rings. The minimum atomic E-state index is -0.279. The lowest BCUT2D eigenvalue weighted by atomic mass is 10.2. The number of nitrogens with zero attached hydrogens (tertiary/aromatic N) is 1. The van der Waals surface area contributed by atoms with Crippen molar-refractivity contribution in [3.63, 3.8) is 0 Å². The highest BCUT2D eigenvalue weighted by molar-refractivity contribution is 6.03. The highest BCUT2D eigenvalue weighted by atomic mass is 16.2. The van der Waals surface area contributed by atoms with Gasteiger partial charge in [0.15, 0.2) is 0 Å². The first kappa shape index (κ1) is 13.3. The minimum Gasteiger partial charge on any atom is -0.339 e. The quantitative estimate of drug-likeness (QED) is 0.844. The third-order valence-corrected chi connectivity index (χ3v) is 3.08. The van der Waals surface area contributed by atoms with Gasteiger partial charge in [0.2, 0.25) is 11.8 Å². The largest absolute Gasteiger partial charge is 0.339 e. The molecule has 1 aromatic carbocycles. The fourth-order valence-corrected chi connectivity index (χ4v) is 2.10. The van der Waals surface area contributed by atoms with Crippen LogP contribution in [-0.4, -0.2) is 29.8 Å². The van der Waals surface area contributed by atoms with Gasteiger partial charge >= 0.3 is 0 Å². The topological polar surface area (TPSA) is 49.4 Å². The molecule has 0 bridgehead atoms. The van der Waals surface area contributed by atoms with Crippen molar-refractivity contribution in [2.45, 2.75) is 19.8 Å². The maximum absolute atomic E-state index is 11.7. The average molecular weight is 258 g/mol. The molecule has 1 heterocycles. The fourth-order valence-electron chi connectivity index (χ4n) is 2.10. The number of benzene rings is 1. The molecule has 1 aliphatic heterocycles. The van der Waals surface area contributed by atoms with E-state index in [1.165, 1.54) is 12.2 Å². The Kier molecular flexibility index (Phi) is 4.34. The molecule has 0 unspecified atom stereocenters. The molecule has 1 fully saturated rings. The van der Waals surface area contributed by atoms with E-state index in [-0.39, 0.29) is 11.8 Å². The van der Waals surface area contributed by atoms with Gasteiger partial charge in [-0.05, 0) is 37.5 Å². The lowest BCUT2D eigenvalue weighted by Crippen LogP contribution is -2.25. The fraction of sp³-hybridized carbons (Fsp3) is 0.333. The van der Waals surface area contributed by atoms with Gasteiger partial charge in [-0.1, -0.05) is 12.1 Å². The molecule has 4 nitrogen and oxygen atoms in total. The Bertz CT molecular complexity index is 503. The molecule has 4 heteroatoms. The molecule has 19 heavy (non-hydrogen) atoms. The Hall–Kier alpha value is -2.10. The monoisotopic (exact) mass is 258 g/mol. The van der Waals surface area contributed by atoms with Gasteiger partial charge in [-0.2, -0.15) is 0 Å². The summed E-state index contributed by atoms with van der Waals surface area (Å²) < 4.78 is 0. The Balaban J connectivity index is 1.88. The van der Waals surface area contributed by atoms with Crippen molar-refractivity contribution in [2.75, 3.05) is 18.4 Å². The molecule has 0 aliphatic carbocycles. The first-order valence-corrected chi connectivity index (χ1v) is 6.50. The van der Waals surface area contributed by atoms with E-state index in [1.54, 1.807) is 4.90 Å². The van der Waals surface area contributed by atoms with E-state index in [2.05, 4.69) is 5.32 Å². The summed E-state index contributed by atoms with van der Waals surface area (Å²) in [5.74, 6) is -0.366. The molecule has 100 valence electrons. The second-order valence-corrected chi connectivity index (χ2v) is 4.72. The van der Waals surface area contributed by atoms with Gasteiger partial charge in [0.25, 0.3) is 0 Å². The standard InChI is InChI=1S/C15H18N2O2/c1-12-5-4-6-13(11-12)16-14(18)7-8-15(19)17-9-2-3-10-17/h4-8,11H,2-3,9-10H2,1H3,(H,16,18)/b8-7-. The van der Waals surface area contributed by atoms with Crippen LogP contribution in [0.4, 0.5) is 5.69 Å². The molecule has 2 rings (SSSR count). The summed E-state index contributed by atoms with van der Waals surface area (Å²) in [6.45, 7) is 3.55. The number of likely N-dealkylation sites (tertiary alicyclic amines) is 1. The molecule has 0 atom stereocenters. The van der Waals surface area contributed by atoms with E-state index in [1.807, 2.05) is 31.2 Å². The van der Waals surface area contributed by atoms with E-state index in [4.69, 9.17) is 0 Å². The van der Waals surface area contributed by atoms with E-state index >= 15 is 0 Å². The number of nitrogens with one attached hydrogen (secondary N) is 1. The smallest absolute Gasteiger partial charge is 0.248 e. The molecule has 0 radical (unpaired) electrons. The molecule has 2 amide bonds. The molecule has 1 N–H and O–H groups in total. The number of aryl methyl sites for hydroxylation is 1. The average Bonchev–Trinajstić information content (AvgIpc) is 2.90. The van der Waals surface area contributed by atoms with E-state index in [0.29, 0.717) is 0 Å². The summed E-state index contributed by atoms with van der Waals surface area (Å²) in [5, 5.41) is 2.73. The zero-order valence-corrected chi connectivity index (χ0v) is 11.1. The Morgan fingerprint density at radius 2 is 1.95 bits per heavy atom. The van der Waals surface area contributed by atoms with Crippen LogP contribution in [0, 0.1) is 6.92 Å². The van der Waals surface area contributed by atoms with Crippen LogP contribution in [0.25, 0.3) is 0 Å². The summed E-state index contributed by atoms with van der Waals surface area (Å²) >= 11 is 0. The number of anilines is 1. The molecule has 0 aromatic heterocycles. The summed E-state index contributed by atoms with van der Waals surface area (Å²) in [4.78, 5) is 25.2. The molecule has 0 saturated carbocycles. The predicted molar refractivity (Wildman–Crippen MR) is 74.8 cm³/mol.